The second-order valence-electron chi connectivity index (χ2n) is 5.35. The van der Waals surface area contributed by atoms with Crippen LogP contribution in [0.2, 0.25) is 0 Å². The van der Waals surface area contributed by atoms with Crippen LogP contribution >= 0.6 is 0 Å². The number of alkyl halides is 3. The summed E-state index contributed by atoms with van der Waals surface area (Å²) in [6.45, 7) is 0. The largest absolute Gasteiger partial charge is 0.416 e. The Morgan fingerprint density at radius 3 is 2.52 bits per heavy atom. The maximum absolute atomic E-state index is 12.7. The number of carbonyl (C=O) groups excluding carboxylic acids is 1. The Hall–Kier alpha value is -3.09. The van der Waals surface area contributed by atoms with Gasteiger partial charge in [0.05, 0.1) is 12.0 Å². The summed E-state index contributed by atoms with van der Waals surface area (Å²) < 4.78 is 43.2. The number of rotatable bonds is 4. The summed E-state index contributed by atoms with van der Waals surface area (Å²) in [6, 6.07) is 15.4. The van der Waals surface area contributed by atoms with Gasteiger partial charge in [-0.1, -0.05) is 41.6 Å². The van der Waals surface area contributed by atoms with E-state index in [-0.39, 0.29) is 12.1 Å². The minimum Gasteiger partial charge on any atom is -0.360 e. The van der Waals surface area contributed by atoms with Crippen molar-refractivity contribution in [3.8, 4) is 11.3 Å². The van der Waals surface area contributed by atoms with Crippen molar-refractivity contribution in [3.63, 3.8) is 0 Å². The van der Waals surface area contributed by atoms with E-state index >= 15 is 0 Å². The predicted octanol–water partition coefficient (Wildman–Crippen LogP) is 4.54. The summed E-state index contributed by atoms with van der Waals surface area (Å²) in [5.74, 6) is -0.168. The molecular weight excluding hydrogens is 333 g/mol. The molecule has 2 aromatic carbocycles. The molecule has 0 unspecified atom stereocenters. The van der Waals surface area contributed by atoms with Crippen LogP contribution in [0.1, 0.15) is 11.3 Å². The molecule has 0 saturated carbocycles. The van der Waals surface area contributed by atoms with Crippen molar-refractivity contribution in [1.29, 1.82) is 0 Å². The summed E-state index contributed by atoms with van der Waals surface area (Å²) in [5, 5.41) is 6.31. The molecule has 0 aliphatic rings. The van der Waals surface area contributed by atoms with Crippen molar-refractivity contribution in [3.05, 3.63) is 72.0 Å². The lowest BCUT2D eigenvalue weighted by Gasteiger charge is -2.09. The molecule has 3 aromatic rings. The van der Waals surface area contributed by atoms with Crippen LogP contribution in [0, 0.1) is 0 Å². The fourth-order valence-corrected chi connectivity index (χ4v) is 2.28. The first-order valence-electron chi connectivity index (χ1n) is 7.40. The summed E-state index contributed by atoms with van der Waals surface area (Å²) in [6.07, 6.45) is -4.59. The van der Waals surface area contributed by atoms with E-state index in [1.54, 1.807) is 6.07 Å². The molecule has 0 fully saturated rings. The summed E-state index contributed by atoms with van der Waals surface area (Å²) >= 11 is 0. The zero-order valence-electron chi connectivity index (χ0n) is 12.9. The number of benzene rings is 2. The number of halogens is 3. The van der Waals surface area contributed by atoms with E-state index in [0.717, 1.165) is 17.7 Å². The zero-order valence-corrected chi connectivity index (χ0v) is 12.9. The summed E-state index contributed by atoms with van der Waals surface area (Å²) in [7, 11) is 0. The van der Waals surface area contributed by atoms with Crippen LogP contribution < -0.4 is 5.32 Å². The van der Waals surface area contributed by atoms with Gasteiger partial charge in [0.15, 0.2) is 0 Å². The molecule has 7 heteroatoms. The molecule has 0 aliphatic carbocycles. The summed E-state index contributed by atoms with van der Waals surface area (Å²) in [5.41, 5.74) is 0.678. The Kier molecular flexibility index (Phi) is 4.56. The molecule has 0 saturated heterocycles. The number of aromatic nitrogens is 1. The molecule has 1 heterocycles. The second kappa shape index (κ2) is 6.80. The van der Waals surface area contributed by atoms with Gasteiger partial charge in [0, 0.05) is 17.3 Å². The molecule has 25 heavy (non-hydrogen) atoms. The number of nitrogens with zero attached hydrogens (tertiary/aromatic N) is 1. The highest BCUT2D eigenvalue weighted by atomic mass is 19.4. The van der Waals surface area contributed by atoms with Crippen molar-refractivity contribution in [2.75, 3.05) is 5.32 Å². The fraction of sp³-hybridized carbons (Fsp3) is 0.111. The van der Waals surface area contributed by atoms with Crippen molar-refractivity contribution in [2.24, 2.45) is 0 Å². The number of hydrogen-bond donors (Lipinski definition) is 1. The summed E-state index contributed by atoms with van der Waals surface area (Å²) in [4.78, 5) is 12.0. The predicted molar refractivity (Wildman–Crippen MR) is 85.7 cm³/mol. The van der Waals surface area contributed by atoms with Gasteiger partial charge in [-0.15, -0.1) is 0 Å². The van der Waals surface area contributed by atoms with E-state index in [2.05, 4.69) is 10.5 Å². The van der Waals surface area contributed by atoms with Gasteiger partial charge in [-0.3, -0.25) is 4.79 Å². The zero-order chi connectivity index (χ0) is 17.9. The number of amides is 1. The van der Waals surface area contributed by atoms with E-state index in [4.69, 9.17) is 4.52 Å². The average molecular weight is 346 g/mol. The van der Waals surface area contributed by atoms with Crippen LogP contribution in [0.15, 0.2) is 65.2 Å². The number of carbonyl (C=O) groups is 1. The van der Waals surface area contributed by atoms with Crippen LogP contribution in [0.5, 0.6) is 0 Å². The van der Waals surface area contributed by atoms with E-state index < -0.39 is 17.6 Å². The first-order chi connectivity index (χ1) is 11.9. The third-order valence-electron chi connectivity index (χ3n) is 3.44. The maximum Gasteiger partial charge on any atom is 0.416 e. The Morgan fingerprint density at radius 2 is 1.80 bits per heavy atom. The Bertz CT molecular complexity index is 873. The minimum absolute atomic E-state index is 0.0719. The quantitative estimate of drug-likeness (QED) is 0.754. The SMILES string of the molecule is O=C(Cc1cc(-c2ccccc2)no1)Nc1cccc(C(F)(F)F)c1. The molecule has 3 rings (SSSR count). The lowest BCUT2D eigenvalue weighted by Crippen LogP contribution is -2.15. The minimum atomic E-state index is -4.46. The van der Waals surface area contributed by atoms with Crippen LogP contribution in [-0.4, -0.2) is 11.1 Å². The normalized spacial score (nSPS) is 11.3. The van der Waals surface area contributed by atoms with Gasteiger partial charge in [0.2, 0.25) is 5.91 Å². The molecule has 0 aliphatic heterocycles. The highest BCUT2D eigenvalue weighted by Crippen LogP contribution is 2.30. The van der Waals surface area contributed by atoms with E-state index in [1.165, 1.54) is 12.1 Å². The maximum atomic E-state index is 12.7. The van der Waals surface area contributed by atoms with Gasteiger partial charge in [0.1, 0.15) is 11.5 Å². The molecule has 0 radical (unpaired) electrons. The molecule has 128 valence electrons. The van der Waals surface area contributed by atoms with Gasteiger partial charge in [0.25, 0.3) is 0 Å². The first-order valence-corrected chi connectivity index (χ1v) is 7.40. The van der Waals surface area contributed by atoms with Crippen LogP contribution in [0.4, 0.5) is 18.9 Å². The molecule has 4 nitrogen and oxygen atoms in total. The molecule has 0 bridgehead atoms. The van der Waals surface area contributed by atoms with Crippen LogP contribution in [-0.2, 0) is 17.4 Å². The molecule has 1 aromatic heterocycles. The highest BCUT2D eigenvalue weighted by Gasteiger charge is 2.30. The van der Waals surface area contributed by atoms with Gasteiger partial charge < -0.3 is 9.84 Å². The van der Waals surface area contributed by atoms with Gasteiger partial charge in [-0.2, -0.15) is 13.2 Å². The lowest BCUT2D eigenvalue weighted by atomic mass is 10.1. The van der Waals surface area contributed by atoms with Gasteiger partial charge >= 0.3 is 6.18 Å². The monoisotopic (exact) mass is 346 g/mol. The Balaban J connectivity index is 1.67. The average Bonchev–Trinajstić information content (AvgIpc) is 3.03. The Labute approximate surface area is 141 Å². The van der Waals surface area contributed by atoms with E-state index in [1.807, 2.05) is 30.3 Å². The topological polar surface area (TPSA) is 55.1 Å². The standard InChI is InChI=1S/C18H13F3N2O2/c19-18(20,21)13-7-4-8-14(9-13)22-17(24)11-15-10-16(23-25-15)12-5-2-1-3-6-12/h1-10H,11H2,(H,22,24). The second-order valence-corrected chi connectivity index (χ2v) is 5.35. The number of nitrogens with one attached hydrogen (secondary N) is 1. The molecule has 1 amide bonds. The fourth-order valence-electron chi connectivity index (χ4n) is 2.28. The lowest BCUT2D eigenvalue weighted by molar-refractivity contribution is -0.137. The highest BCUT2D eigenvalue weighted by molar-refractivity contribution is 5.92. The Morgan fingerprint density at radius 1 is 1.04 bits per heavy atom. The van der Waals surface area contributed by atoms with E-state index in [9.17, 15) is 18.0 Å². The van der Waals surface area contributed by atoms with Gasteiger partial charge in [-0.05, 0) is 18.2 Å². The smallest absolute Gasteiger partial charge is 0.360 e. The third-order valence-corrected chi connectivity index (χ3v) is 3.44. The van der Waals surface area contributed by atoms with Gasteiger partial charge in [-0.25, -0.2) is 0 Å². The molecule has 0 spiro atoms. The first kappa shape index (κ1) is 16.8. The van der Waals surface area contributed by atoms with Crippen LogP contribution in [0.3, 0.4) is 0 Å². The van der Waals surface area contributed by atoms with Crippen molar-refractivity contribution >= 4 is 11.6 Å². The number of hydrogen-bond acceptors (Lipinski definition) is 3. The van der Waals surface area contributed by atoms with Crippen LogP contribution in [0.25, 0.3) is 11.3 Å². The van der Waals surface area contributed by atoms with Crippen molar-refractivity contribution in [1.82, 2.24) is 5.16 Å². The van der Waals surface area contributed by atoms with Crippen molar-refractivity contribution < 1.29 is 22.5 Å². The van der Waals surface area contributed by atoms with Crippen molar-refractivity contribution in [2.45, 2.75) is 12.6 Å². The van der Waals surface area contributed by atoms with E-state index in [0.29, 0.717) is 11.5 Å². The molecule has 0 atom stereocenters. The number of anilines is 1. The molecular formula is C18H13F3N2O2. The third kappa shape index (κ3) is 4.26. The molecule has 1 N–H and O–H groups in total.